The van der Waals surface area contributed by atoms with Crippen molar-refractivity contribution < 1.29 is 17.9 Å². The summed E-state index contributed by atoms with van der Waals surface area (Å²) in [5.74, 6) is 0.588. The van der Waals surface area contributed by atoms with Crippen molar-refractivity contribution in [3.8, 4) is 5.75 Å². The van der Waals surface area contributed by atoms with Crippen molar-refractivity contribution in [2.75, 3.05) is 6.54 Å². The van der Waals surface area contributed by atoms with Crippen LogP contribution in [0.2, 0.25) is 0 Å². The third-order valence-electron chi connectivity index (χ3n) is 6.35. The van der Waals surface area contributed by atoms with E-state index in [1.807, 2.05) is 27.7 Å². The number of hydrazine groups is 1. The van der Waals surface area contributed by atoms with Crippen LogP contribution in [0.1, 0.15) is 65.9 Å². The summed E-state index contributed by atoms with van der Waals surface area (Å²) in [5, 5.41) is 0. The molecule has 4 N–H and O–H groups in total. The van der Waals surface area contributed by atoms with Crippen LogP contribution < -0.4 is 21.3 Å². The van der Waals surface area contributed by atoms with Gasteiger partial charge >= 0.3 is 0 Å². The lowest BCUT2D eigenvalue weighted by Crippen LogP contribution is -2.35. The van der Waals surface area contributed by atoms with Gasteiger partial charge in [-0.1, -0.05) is 6.07 Å². The molecule has 0 amide bonds. The number of sulfonamides is 1. The predicted molar refractivity (Wildman–Crippen MR) is 136 cm³/mol. The summed E-state index contributed by atoms with van der Waals surface area (Å²) in [6.45, 7) is 10.0. The van der Waals surface area contributed by atoms with Crippen LogP contribution in [0.25, 0.3) is 0 Å². The summed E-state index contributed by atoms with van der Waals surface area (Å²) in [6.07, 6.45) is 5.32. The zero-order valence-corrected chi connectivity index (χ0v) is 21.8. The van der Waals surface area contributed by atoms with Gasteiger partial charge in [-0.2, -0.15) is 8.42 Å². The molecular weight excluding hydrogens is 466 g/mol. The molecule has 3 rings (SSSR count). The Morgan fingerprint density at radius 2 is 2.00 bits per heavy atom. The van der Waals surface area contributed by atoms with E-state index in [1.54, 1.807) is 31.3 Å². The second-order valence-corrected chi connectivity index (χ2v) is 11.1. The number of ether oxygens (including phenoxy) is 1. The molecule has 10 heteroatoms. The van der Waals surface area contributed by atoms with Crippen molar-refractivity contribution in [3.05, 3.63) is 52.3 Å². The van der Waals surface area contributed by atoms with E-state index in [-0.39, 0.29) is 16.3 Å². The SMILES string of the molecule is Cc1c(C)c(S(=O)(=O)N=CNNCCC[C@H](N)C(=O)c2ccccn2)c(C)c2c1OC(C)(C)CC2. The third kappa shape index (κ3) is 6.25. The van der Waals surface area contributed by atoms with Gasteiger partial charge in [-0.15, -0.1) is 4.40 Å². The molecule has 35 heavy (non-hydrogen) atoms. The van der Waals surface area contributed by atoms with Crippen molar-refractivity contribution in [3.63, 3.8) is 0 Å². The number of fused-ring (bicyclic) bond motifs is 1. The molecule has 190 valence electrons. The average molecular weight is 502 g/mol. The smallest absolute Gasteiger partial charge is 0.284 e. The fourth-order valence-electron chi connectivity index (χ4n) is 4.24. The molecule has 1 aliphatic rings. The van der Waals surface area contributed by atoms with Crippen LogP contribution in [-0.2, 0) is 16.4 Å². The zero-order valence-electron chi connectivity index (χ0n) is 21.0. The Morgan fingerprint density at radius 1 is 1.26 bits per heavy atom. The van der Waals surface area contributed by atoms with Crippen LogP contribution in [0.15, 0.2) is 33.7 Å². The van der Waals surface area contributed by atoms with Gasteiger partial charge < -0.3 is 15.9 Å². The number of nitrogens with two attached hydrogens (primary N) is 1. The lowest BCUT2D eigenvalue weighted by Gasteiger charge is -2.35. The Labute approximate surface area is 207 Å². The van der Waals surface area contributed by atoms with E-state index in [0.29, 0.717) is 36.2 Å². The van der Waals surface area contributed by atoms with Crippen molar-refractivity contribution in [2.24, 2.45) is 10.1 Å². The standard InChI is InChI=1S/C25H35N5O4S/c1-16-17(2)24(18(3)19-11-12-25(4,5)34-23(16)19)35(32,33)30-15-29-28-14-8-9-20(26)22(31)21-10-6-7-13-27-21/h6-7,10,13,15,20,28H,8-9,11-12,14,26H2,1-5H3,(H,29,30)/t20-/m0/s1. The van der Waals surface area contributed by atoms with Crippen LogP contribution >= 0.6 is 0 Å². The van der Waals surface area contributed by atoms with Crippen LogP contribution in [0.4, 0.5) is 0 Å². The first-order valence-corrected chi connectivity index (χ1v) is 13.2. The summed E-state index contributed by atoms with van der Waals surface area (Å²) in [6, 6.07) is 4.48. The topological polar surface area (TPSA) is 136 Å². The van der Waals surface area contributed by atoms with Gasteiger partial charge in [0, 0.05) is 12.7 Å². The van der Waals surface area contributed by atoms with Crippen LogP contribution in [0.3, 0.4) is 0 Å². The van der Waals surface area contributed by atoms with Crippen molar-refractivity contribution in [1.82, 2.24) is 15.8 Å². The highest BCUT2D eigenvalue weighted by Gasteiger charge is 2.33. The van der Waals surface area contributed by atoms with E-state index < -0.39 is 16.1 Å². The number of hydrogen-bond acceptors (Lipinski definition) is 7. The third-order valence-corrected chi connectivity index (χ3v) is 7.86. The number of carbonyl (C=O) groups is 1. The number of hydrogen-bond donors (Lipinski definition) is 3. The molecule has 0 unspecified atom stereocenters. The number of rotatable bonds is 10. The highest BCUT2D eigenvalue weighted by molar-refractivity contribution is 7.90. The Morgan fingerprint density at radius 3 is 2.69 bits per heavy atom. The van der Waals surface area contributed by atoms with Gasteiger partial charge in [-0.05, 0) is 94.7 Å². The summed E-state index contributed by atoms with van der Waals surface area (Å²) in [5.41, 5.74) is 14.7. The minimum atomic E-state index is -3.91. The molecule has 0 aliphatic carbocycles. The van der Waals surface area contributed by atoms with Crippen molar-refractivity contribution in [1.29, 1.82) is 0 Å². The molecule has 0 radical (unpaired) electrons. The van der Waals surface area contributed by atoms with Gasteiger partial charge in [0.15, 0.2) is 5.78 Å². The van der Waals surface area contributed by atoms with Gasteiger partial charge in [0.25, 0.3) is 10.0 Å². The average Bonchev–Trinajstić information content (AvgIpc) is 2.81. The molecule has 2 aromatic rings. The van der Waals surface area contributed by atoms with E-state index in [1.165, 1.54) is 0 Å². The van der Waals surface area contributed by atoms with Gasteiger partial charge in [0.1, 0.15) is 23.4 Å². The molecule has 0 saturated heterocycles. The lowest BCUT2D eigenvalue weighted by atomic mass is 9.88. The summed E-state index contributed by atoms with van der Waals surface area (Å²) in [4.78, 5) is 16.5. The number of aromatic nitrogens is 1. The van der Waals surface area contributed by atoms with E-state index in [9.17, 15) is 13.2 Å². The number of Topliss-reactive ketones (excluding diaryl/α,β-unsaturated/α-hetero) is 1. The van der Waals surface area contributed by atoms with E-state index >= 15 is 0 Å². The number of nitrogens with zero attached hydrogens (tertiary/aromatic N) is 2. The maximum atomic E-state index is 13.1. The molecule has 0 spiro atoms. The normalized spacial score (nSPS) is 15.9. The Bertz CT molecular complexity index is 1210. The number of ketones is 1. The highest BCUT2D eigenvalue weighted by atomic mass is 32.2. The molecule has 0 fully saturated rings. The monoisotopic (exact) mass is 501 g/mol. The van der Waals surface area contributed by atoms with Crippen molar-refractivity contribution >= 4 is 22.1 Å². The maximum Gasteiger partial charge on any atom is 0.284 e. The minimum Gasteiger partial charge on any atom is -0.487 e. The molecule has 1 aromatic heterocycles. The molecule has 0 bridgehead atoms. The molecule has 9 nitrogen and oxygen atoms in total. The van der Waals surface area contributed by atoms with Gasteiger partial charge in [-0.25, -0.2) is 5.43 Å². The molecule has 1 aliphatic heterocycles. The van der Waals surface area contributed by atoms with E-state index in [0.717, 1.165) is 36.1 Å². The first-order valence-electron chi connectivity index (χ1n) is 11.7. The Balaban J connectivity index is 1.56. The van der Waals surface area contributed by atoms with Crippen molar-refractivity contribution in [2.45, 2.75) is 76.8 Å². The van der Waals surface area contributed by atoms with Gasteiger partial charge in [-0.3, -0.25) is 9.78 Å². The first kappa shape index (κ1) is 26.8. The van der Waals surface area contributed by atoms with E-state index in [2.05, 4.69) is 20.2 Å². The zero-order chi connectivity index (χ0) is 25.8. The maximum absolute atomic E-state index is 13.1. The first-order chi connectivity index (χ1) is 16.4. The Kier molecular flexibility index (Phi) is 8.30. The molecule has 1 aromatic carbocycles. The fraction of sp³-hybridized carbons (Fsp3) is 0.480. The molecular formula is C25H35N5O4S. The molecule has 1 atom stereocenters. The fourth-order valence-corrected chi connectivity index (χ4v) is 5.59. The summed E-state index contributed by atoms with van der Waals surface area (Å²) < 4.78 is 36.1. The summed E-state index contributed by atoms with van der Waals surface area (Å²) >= 11 is 0. The number of benzene rings is 1. The quantitative estimate of drug-likeness (QED) is 0.149. The van der Waals surface area contributed by atoms with Crippen LogP contribution in [-0.4, -0.2) is 43.7 Å². The van der Waals surface area contributed by atoms with Crippen LogP contribution in [0.5, 0.6) is 5.75 Å². The number of pyridine rings is 1. The Hall–Kier alpha value is -2.82. The molecule has 0 saturated carbocycles. The second-order valence-electron chi connectivity index (χ2n) is 9.48. The minimum absolute atomic E-state index is 0.203. The number of carbonyl (C=O) groups excluding carboxylic acids is 1. The van der Waals surface area contributed by atoms with Gasteiger partial charge in [0.05, 0.1) is 10.9 Å². The van der Waals surface area contributed by atoms with Gasteiger partial charge in [0.2, 0.25) is 0 Å². The second kappa shape index (κ2) is 10.8. The largest absolute Gasteiger partial charge is 0.487 e. The predicted octanol–water partition coefficient (Wildman–Crippen LogP) is 2.91. The van der Waals surface area contributed by atoms with Crippen LogP contribution in [0, 0.1) is 20.8 Å². The lowest BCUT2D eigenvalue weighted by molar-refractivity contribution is 0.0831. The highest BCUT2D eigenvalue weighted by Crippen LogP contribution is 2.42. The number of nitrogens with one attached hydrogen (secondary N) is 2. The summed E-state index contributed by atoms with van der Waals surface area (Å²) in [7, 11) is -3.91. The van der Waals surface area contributed by atoms with E-state index in [4.69, 9.17) is 10.5 Å². The molecule has 2 heterocycles.